The molecule has 0 aliphatic rings. The van der Waals surface area contributed by atoms with Gasteiger partial charge in [-0.2, -0.15) is 0 Å². The highest BCUT2D eigenvalue weighted by atomic mass is 19.2. The number of carboxylic acid groups (broad SMARTS) is 1. The molecular formula is C19H19F2NO3. The van der Waals surface area contributed by atoms with E-state index in [1.807, 2.05) is 19.9 Å². The first-order valence-electron chi connectivity index (χ1n) is 7.81. The summed E-state index contributed by atoms with van der Waals surface area (Å²) in [5, 5.41) is 8.91. The normalized spacial score (nSPS) is 10.6. The minimum absolute atomic E-state index is 0.00328. The van der Waals surface area contributed by atoms with Crippen molar-refractivity contribution in [1.29, 1.82) is 0 Å². The highest BCUT2D eigenvalue weighted by Gasteiger charge is 2.20. The van der Waals surface area contributed by atoms with Crippen LogP contribution >= 0.6 is 0 Å². The van der Waals surface area contributed by atoms with Gasteiger partial charge in [0.15, 0.2) is 11.6 Å². The van der Waals surface area contributed by atoms with Crippen LogP contribution in [0.4, 0.5) is 8.78 Å². The van der Waals surface area contributed by atoms with Crippen molar-refractivity contribution in [2.24, 2.45) is 0 Å². The van der Waals surface area contributed by atoms with E-state index >= 15 is 0 Å². The minimum Gasteiger partial charge on any atom is -0.481 e. The zero-order valence-corrected chi connectivity index (χ0v) is 14.1. The first-order valence-corrected chi connectivity index (χ1v) is 7.81. The zero-order chi connectivity index (χ0) is 18.6. The summed E-state index contributed by atoms with van der Waals surface area (Å²) in [5.41, 5.74) is 2.60. The fourth-order valence-electron chi connectivity index (χ4n) is 2.49. The second-order valence-electron chi connectivity index (χ2n) is 5.87. The summed E-state index contributed by atoms with van der Waals surface area (Å²) in [6.45, 7) is 3.66. The summed E-state index contributed by atoms with van der Waals surface area (Å²) in [5.74, 6) is -3.35. The van der Waals surface area contributed by atoms with Gasteiger partial charge in [0, 0.05) is 18.7 Å². The van der Waals surface area contributed by atoms with Gasteiger partial charge >= 0.3 is 5.97 Å². The van der Waals surface area contributed by atoms with Crippen LogP contribution in [-0.2, 0) is 11.3 Å². The molecule has 0 bridgehead atoms. The number of aryl methyl sites for hydroxylation is 1. The molecule has 4 nitrogen and oxygen atoms in total. The maximum Gasteiger partial charge on any atom is 0.305 e. The monoisotopic (exact) mass is 347 g/mol. The molecule has 1 N–H and O–H groups in total. The maximum absolute atomic E-state index is 13.4. The number of hydrogen-bond acceptors (Lipinski definition) is 2. The van der Waals surface area contributed by atoms with Crippen LogP contribution in [0.5, 0.6) is 0 Å². The van der Waals surface area contributed by atoms with Gasteiger partial charge in [-0.25, -0.2) is 8.78 Å². The Kier molecular flexibility index (Phi) is 5.85. The van der Waals surface area contributed by atoms with Gasteiger partial charge in [-0.15, -0.1) is 0 Å². The summed E-state index contributed by atoms with van der Waals surface area (Å²) >= 11 is 0. The minimum atomic E-state index is -1.04. The highest BCUT2D eigenvalue weighted by Crippen LogP contribution is 2.18. The second kappa shape index (κ2) is 7.88. The summed E-state index contributed by atoms with van der Waals surface area (Å²) in [6.07, 6.45) is -0.236. The molecule has 0 atom stereocenters. The number of halogens is 2. The van der Waals surface area contributed by atoms with E-state index in [1.54, 1.807) is 12.1 Å². The van der Waals surface area contributed by atoms with Crippen molar-refractivity contribution in [2.75, 3.05) is 6.54 Å². The Bertz CT molecular complexity index is 805. The molecule has 2 aromatic carbocycles. The fraction of sp³-hybridized carbons (Fsp3) is 0.263. The standard InChI is InChI=1S/C19H19F2NO3/c1-12-4-3-5-15(13(12)2)19(25)22(9-8-18(23)24)11-14-6-7-16(20)17(21)10-14/h3-7,10H,8-9,11H2,1-2H3,(H,23,24). The van der Waals surface area contributed by atoms with Crippen LogP contribution in [0.3, 0.4) is 0 Å². The van der Waals surface area contributed by atoms with Gasteiger partial charge in [-0.05, 0) is 48.7 Å². The molecular weight excluding hydrogens is 328 g/mol. The average molecular weight is 347 g/mol. The molecule has 0 aromatic heterocycles. The third kappa shape index (κ3) is 4.62. The van der Waals surface area contributed by atoms with Crippen LogP contribution in [0.2, 0.25) is 0 Å². The van der Waals surface area contributed by atoms with Gasteiger partial charge in [-0.3, -0.25) is 9.59 Å². The summed E-state index contributed by atoms with van der Waals surface area (Å²) in [7, 11) is 0. The van der Waals surface area contributed by atoms with Crippen LogP contribution in [0.25, 0.3) is 0 Å². The molecule has 0 saturated carbocycles. The van der Waals surface area contributed by atoms with Crippen LogP contribution in [0, 0.1) is 25.5 Å². The SMILES string of the molecule is Cc1cccc(C(=O)N(CCC(=O)O)Cc2ccc(F)c(F)c2)c1C. The van der Waals surface area contributed by atoms with E-state index in [4.69, 9.17) is 5.11 Å². The lowest BCUT2D eigenvalue weighted by molar-refractivity contribution is -0.137. The Morgan fingerprint density at radius 2 is 1.80 bits per heavy atom. The summed E-state index contributed by atoms with van der Waals surface area (Å²) in [6, 6.07) is 8.68. The van der Waals surface area contributed by atoms with Crippen molar-refractivity contribution in [2.45, 2.75) is 26.8 Å². The number of rotatable bonds is 6. The van der Waals surface area contributed by atoms with Crippen LogP contribution in [0.1, 0.15) is 33.5 Å². The Morgan fingerprint density at radius 3 is 2.44 bits per heavy atom. The van der Waals surface area contributed by atoms with E-state index < -0.39 is 17.6 Å². The highest BCUT2D eigenvalue weighted by molar-refractivity contribution is 5.96. The van der Waals surface area contributed by atoms with Gasteiger partial charge in [0.25, 0.3) is 5.91 Å². The molecule has 0 radical (unpaired) electrons. The molecule has 0 unspecified atom stereocenters. The van der Waals surface area contributed by atoms with E-state index in [-0.39, 0.29) is 25.4 Å². The molecule has 0 aliphatic carbocycles. The lowest BCUT2D eigenvalue weighted by atomic mass is 10.0. The van der Waals surface area contributed by atoms with E-state index in [2.05, 4.69) is 0 Å². The molecule has 0 fully saturated rings. The number of carboxylic acids is 1. The van der Waals surface area contributed by atoms with Crippen LogP contribution < -0.4 is 0 Å². The first kappa shape index (κ1) is 18.6. The molecule has 2 rings (SSSR count). The second-order valence-corrected chi connectivity index (χ2v) is 5.87. The summed E-state index contributed by atoms with van der Waals surface area (Å²) < 4.78 is 26.5. The molecule has 1 amide bonds. The lowest BCUT2D eigenvalue weighted by Crippen LogP contribution is -2.33. The molecule has 0 saturated heterocycles. The van der Waals surface area contributed by atoms with E-state index in [0.29, 0.717) is 11.1 Å². The Labute approximate surface area is 144 Å². The molecule has 0 aliphatic heterocycles. The van der Waals surface area contributed by atoms with E-state index in [9.17, 15) is 18.4 Å². The van der Waals surface area contributed by atoms with Crippen molar-refractivity contribution >= 4 is 11.9 Å². The predicted molar refractivity (Wildman–Crippen MR) is 89.3 cm³/mol. The predicted octanol–water partition coefficient (Wildman–Crippen LogP) is 3.70. The molecule has 0 spiro atoms. The molecule has 6 heteroatoms. The number of carbonyl (C=O) groups excluding carboxylic acids is 1. The third-order valence-electron chi connectivity index (χ3n) is 4.08. The first-order chi connectivity index (χ1) is 11.8. The smallest absolute Gasteiger partial charge is 0.305 e. The van der Waals surface area contributed by atoms with E-state index in [1.165, 1.54) is 11.0 Å². The number of aliphatic carboxylic acids is 1. The molecule has 25 heavy (non-hydrogen) atoms. The molecule has 0 heterocycles. The van der Waals surface area contributed by atoms with Crippen molar-refractivity contribution in [3.8, 4) is 0 Å². The van der Waals surface area contributed by atoms with Gasteiger partial charge in [0.05, 0.1) is 6.42 Å². The van der Waals surface area contributed by atoms with Crippen molar-refractivity contribution in [3.05, 3.63) is 70.3 Å². The van der Waals surface area contributed by atoms with Crippen LogP contribution in [0.15, 0.2) is 36.4 Å². The Balaban J connectivity index is 2.31. The van der Waals surface area contributed by atoms with Gasteiger partial charge in [-0.1, -0.05) is 18.2 Å². The largest absolute Gasteiger partial charge is 0.481 e. The zero-order valence-electron chi connectivity index (χ0n) is 14.1. The summed E-state index contributed by atoms with van der Waals surface area (Å²) in [4.78, 5) is 25.1. The third-order valence-corrected chi connectivity index (χ3v) is 4.08. The lowest BCUT2D eigenvalue weighted by Gasteiger charge is -2.23. The number of carbonyl (C=O) groups is 2. The molecule has 132 valence electrons. The number of amides is 1. The van der Waals surface area contributed by atoms with Crippen molar-refractivity contribution in [1.82, 2.24) is 4.90 Å². The average Bonchev–Trinajstić information content (AvgIpc) is 2.56. The Morgan fingerprint density at radius 1 is 1.08 bits per heavy atom. The maximum atomic E-state index is 13.4. The van der Waals surface area contributed by atoms with Gasteiger partial charge < -0.3 is 10.0 Å². The van der Waals surface area contributed by atoms with Gasteiger partial charge in [0.1, 0.15) is 0 Å². The van der Waals surface area contributed by atoms with Crippen molar-refractivity contribution < 1.29 is 23.5 Å². The van der Waals surface area contributed by atoms with Gasteiger partial charge in [0.2, 0.25) is 0 Å². The van der Waals surface area contributed by atoms with Crippen LogP contribution in [-0.4, -0.2) is 28.4 Å². The topological polar surface area (TPSA) is 57.6 Å². The quantitative estimate of drug-likeness (QED) is 0.867. The fourth-order valence-corrected chi connectivity index (χ4v) is 2.49. The Hall–Kier alpha value is -2.76. The number of benzene rings is 2. The van der Waals surface area contributed by atoms with E-state index in [0.717, 1.165) is 23.3 Å². The number of hydrogen-bond donors (Lipinski definition) is 1. The van der Waals surface area contributed by atoms with Crippen molar-refractivity contribution in [3.63, 3.8) is 0 Å². The molecule has 2 aromatic rings. The number of nitrogens with zero attached hydrogens (tertiary/aromatic N) is 1.